The molecule has 1 fully saturated rings. The van der Waals surface area contributed by atoms with E-state index < -0.39 is 46.8 Å². The van der Waals surface area contributed by atoms with Crippen molar-refractivity contribution in [2.24, 2.45) is 0 Å². The van der Waals surface area contributed by atoms with Crippen molar-refractivity contribution in [1.29, 1.82) is 0 Å². The number of fused-ring (bicyclic) bond motifs is 1. The van der Waals surface area contributed by atoms with Gasteiger partial charge in [0.05, 0.1) is 10.5 Å². The first-order chi connectivity index (χ1) is 15.7. The summed E-state index contributed by atoms with van der Waals surface area (Å²) in [5, 5.41) is 14.6. The van der Waals surface area contributed by atoms with Crippen LogP contribution in [0.15, 0.2) is 36.4 Å². The number of nitrogens with one attached hydrogen (secondary N) is 1. The molecule has 4 rings (SSSR count). The van der Waals surface area contributed by atoms with Crippen LogP contribution >= 0.6 is 23.2 Å². The molecular weight excluding hydrogens is 475 g/mol. The Bertz CT molecular complexity index is 1200. The predicted octanol–water partition coefficient (Wildman–Crippen LogP) is 3.13. The van der Waals surface area contributed by atoms with Gasteiger partial charge in [-0.05, 0) is 37.1 Å². The van der Waals surface area contributed by atoms with Gasteiger partial charge in [-0.1, -0.05) is 29.3 Å². The molecule has 1 atom stereocenters. The molecule has 1 unspecified atom stereocenters. The highest BCUT2D eigenvalue weighted by molar-refractivity contribution is 6.35. The lowest BCUT2D eigenvalue weighted by Crippen LogP contribution is -2.48. The molecular formula is C21H16Cl2N4O6. The number of nitro groups is 1. The van der Waals surface area contributed by atoms with E-state index in [1.165, 1.54) is 35.2 Å². The molecule has 2 aliphatic heterocycles. The lowest BCUT2D eigenvalue weighted by Gasteiger charge is -2.25. The number of likely N-dealkylation sites (tertiary alicyclic amines) is 1. The summed E-state index contributed by atoms with van der Waals surface area (Å²) in [6.07, 6.45) is 0.938. The van der Waals surface area contributed by atoms with E-state index in [1.54, 1.807) is 0 Å². The molecule has 1 saturated heterocycles. The number of benzene rings is 2. The van der Waals surface area contributed by atoms with Crippen LogP contribution in [0.1, 0.15) is 33.6 Å². The Morgan fingerprint density at radius 3 is 2.48 bits per heavy atom. The largest absolute Gasteiger partial charge is 0.329 e. The molecule has 2 aliphatic rings. The second-order valence-electron chi connectivity index (χ2n) is 7.55. The van der Waals surface area contributed by atoms with Crippen LogP contribution in [0.2, 0.25) is 10.0 Å². The van der Waals surface area contributed by atoms with Gasteiger partial charge in [-0.25, -0.2) is 0 Å². The Hall–Kier alpha value is -3.50. The zero-order chi connectivity index (χ0) is 23.9. The quantitative estimate of drug-likeness (QED) is 0.389. The molecule has 12 heteroatoms. The van der Waals surface area contributed by atoms with E-state index >= 15 is 0 Å². The number of hydrogen-bond donors (Lipinski definition) is 1. The molecule has 2 aromatic carbocycles. The van der Waals surface area contributed by atoms with Crippen LogP contribution < -0.4 is 5.32 Å². The van der Waals surface area contributed by atoms with Gasteiger partial charge >= 0.3 is 0 Å². The van der Waals surface area contributed by atoms with Crippen molar-refractivity contribution in [2.45, 2.75) is 18.9 Å². The number of imide groups is 1. The minimum absolute atomic E-state index is 0.129. The second kappa shape index (κ2) is 8.80. The predicted molar refractivity (Wildman–Crippen MR) is 118 cm³/mol. The third-order valence-electron chi connectivity index (χ3n) is 5.47. The normalized spacial score (nSPS) is 17.3. The van der Waals surface area contributed by atoms with Gasteiger partial charge in [0.2, 0.25) is 11.8 Å². The number of hydrogen-bond acceptors (Lipinski definition) is 6. The molecule has 1 N–H and O–H groups in total. The van der Waals surface area contributed by atoms with Crippen LogP contribution in [-0.2, 0) is 9.59 Å². The van der Waals surface area contributed by atoms with Gasteiger partial charge in [0, 0.05) is 28.3 Å². The van der Waals surface area contributed by atoms with E-state index in [1.807, 2.05) is 0 Å². The second-order valence-corrected chi connectivity index (χ2v) is 8.42. The molecule has 0 spiro atoms. The van der Waals surface area contributed by atoms with Crippen molar-refractivity contribution in [2.75, 3.05) is 18.4 Å². The lowest BCUT2D eigenvalue weighted by atomic mass is 10.1. The fourth-order valence-corrected chi connectivity index (χ4v) is 4.55. The van der Waals surface area contributed by atoms with Crippen LogP contribution in [0.3, 0.4) is 0 Å². The third kappa shape index (κ3) is 4.27. The average molecular weight is 491 g/mol. The zero-order valence-electron chi connectivity index (χ0n) is 16.9. The topological polar surface area (TPSA) is 130 Å². The summed E-state index contributed by atoms with van der Waals surface area (Å²) in [5.41, 5.74) is -0.603. The minimum atomic E-state index is -0.913. The number of nitro benzene ring substituents is 1. The molecule has 0 bridgehead atoms. The molecule has 0 radical (unpaired) electrons. The van der Waals surface area contributed by atoms with Crippen LogP contribution in [0, 0.1) is 10.1 Å². The summed E-state index contributed by atoms with van der Waals surface area (Å²) in [6.45, 7) is -0.368. The third-order valence-corrected chi connectivity index (χ3v) is 5.91. The van der Waals surface area contributed by atoms with Gasteiger partial charge in [-0.15, -0.1) is 0 Å². The van der Waals surface area contributed by atoms with Gasteiger partial charge in [-0.3, -0.25) is 34.2 Å². The van der Waals surface area contributed by atoms with E-state index in [0.29, 0.717) is 33.5 Å². The minimum Gasteiger partial charge on any atom is -0.329 e. The first-order valence-electron chi connectivity index (χ1n) is 9.87. The number of anilines is 1. The van der Waals surface area contributed by atoms with Crippen molar-refractivity contribution in [3.8, 4) is 0 Å². The monoisotopic (exact) mass is 490 g/mol. The van der Waals surface area contributed by atoms with E-state index in [9.17, 15) is 29.3 Å². The summed E-state index contributed by atoms with van der Waals surface area (Å²) < 4.78 is 0. The van der Waals surface area contributed by atoms with E-state index in [4.69, 9.17) is 23.2 Å². The Balaban J connectivity index is 1.49. The maximum atomic E-state index is 13.0. The summed E-state index contributed by atoms with van der Waals surface area (Å²) in [7, 11) is 0. The van der Waals surface area contributed by atoms with Crippen molar-refractivity contribution < 1.29 is 24.1 Å². The molecule has 0 aromatic heterocycles. The van der Waals surface area contributed by atoms with Crippen molar-refractivity contribution in [3.05, 3.63) is 67.7 Å². The molecule has 10 nitrogen and oxygen atoms in total. The maximum absolute atomic E-state index is 13.0. The fourth-order valence-electron chi connectivity index (χ4n) is 4.03. The summed E-state index contributed by atoms with van der Waals surface area (Å²) in [5.74, 6) is -2.78. The Morgan fingerprint density at radius 1 is 1.12 bits per heavy atom. The SMILES string of the molecule is O=C(Nc1cc(Cl)cc(Cl)c1)C1CCCN1C(=O)CN1C(=O)c2cccc([N+](=O)[O-])c2C1=O. The van der Waals surface area contributed by atoms with Gasteiger partial charge < -0.3 is 10.2 Å². The number of nitrogens with zero attached hydrogens (tertiary/aromatic N) is 3. The molecule has 2 heterocycles. The number of rotatable bonds is 5. The fraction of sp³-hybridized carbons (Fsp3) is 0.238. The van der Waals surface area contributed by atoms with E-state index in [2.05, 4.69) is 5.32 Å². The molecule has 0 aliphatic carbocycles. The van der Waals surface area contributed by atoms with E-state index in [0.717, 1.165) is 6.07 Å². The van der Waals surface area contributed by atoms with Crippen LogP contribution in [0.5, 0.6) is 0 Å². The first kappa shape index (κ1) is 22.7. The van der Waals surface area contributed by atoms with Crippen molar-refractivity contribution >= 4 is 58.2 Å². The highest BCUT2D eigenvalue weighted by Crippen LogP contribution is 2.31. The Kier molecular flexibility index (Phi) is 6.05. The summed E-state index contributed by atoms with van der Waals surface area (Å²) in [4.78, 5) is 63.6. The number of carbonyl (C=O) groups excluding carboxylic acids is 4. The molecule has 33 heavy (non-hydrogen) atoms. The highest BCUT2D eigenvalue weighted by Gasteiger charge is 2.43. The zero-order valence-corrected chi connectivity index (χ0v) is 18.4. The van der Waals surface area contributed by atoms with Crippen LogP contribution in [0.4, 0.5) is 11.4 Å². The van der Waals surface area contributed by atoms with Gasteiger partial charge in [0.1, 0.15) is 18.2 Å². The summed E-state index contributed by atoms with van der Waals surface area (Å²) in [6, 6.07) is 7.44. The van der Waals surface area contributed by atoms with Gasteiger partial charge in [0.25, 0.3) is 17.5 Å². The molecule has 0 saturated carbocycles. The average Bonchev–Trinajstić information content (AvgIpc) is 3.33. The number of carbonyl (C=O) groups is 4. The van der Waals surface area contributed by atoms with Crippen LogP contribution in [0.25, 0.3) is 0 Å². The Labute approximate surface area is 197 Å². The smallest absolute Gasteiger partial charge is 0.282 e. The highest BCUT2D eigenvalue weighted by atomic mass is 35.5. The van der Waals surface area contributed by atoms with Gasteiger partial charge in [0.15, 0.2) is 0 Å². The number of amides is 4. The van der Waals surface area contributed by atoms with Gasteiger partial charge in [-0.2, -0.15) is 0 Å². The van der Waals surface area contributed by atoms with Crippen molar-refractivity contribution in [1.82, 2.24) is 9.80 Å². The molecule has 170 valence electrons. The summed E-state index contributed by atoms with van der Waals surface area (Å²) >= 11 is 11.9. The number of halogens is 2. The maximum Gasteiger partial charge on any atom is 0.282 e. The van der Waals surface area contributed by atoms with Crippen molar-refractivity contribution in [3.63, 3.8) is 0 Å². The first-order valence-corrected chi connectivity index (χ1v) is 10.6. The Morgan fingerprint density at radius 2 is 1.82 bits per heavy atom. The van der Waals surface area contributed by atoms with Crippen LogP contribution in [-0.4, -0.2) is 57.5 Å². The standard InChI is InChI=1S/C21H16Cl2N4O6/c22-11-7-12(23)9-13(8-11)24-19(29)16-5-2-6-25(16)17(28)10-26-20(30)14-3-1-4-15(27(32)33)18(14)21(26)31/h1,3-4,7-9,16H,2,5-6,10H2,(H,24,29). The molecule has 2 aromatic rings. The lowest BCUT2D eigenvalue weighted by molar-refractivity contribution is -0.385. The van der Waals surface area contributed by atoms with E-state index in [-0.39, 0.29) is 17.7 Å². The molecule has 4 amide bonds.